The molecule has 1 saturated heterocycles. The summed E-state index contributed by atoms with van der Waals surface area (Å²) in [7, 11) is 0. The molecular weight excluding hydrogens is 375 g/mol. The Hall–Kier alpha value is -2.67. The fourth-order valence-electron chi connectivity index (χ4n) is 3.44. The summed E-state index contributed by atoms with van der Waals surface area (Å²) in [4.78, 5) is 29.2. The number of furan rings is 1. The molecule has 1 aromatic carbocycles. The zero-order chi connectivity index (χ0) is 20.6. The second kappa shape index (κ2) is 10.2. The fraction of sp³-hybridized carbons (Fsp3) is 0.455. The molecule has 1 aliphatic rings. The number of amides is 2. The van der Waals surface area contributed by atoms with Crippen molar-refractivity contribution in [2.45, 2.75) is 38.8 Å². The fourth-order valence-corrected chi connectivity index (χ4v) is 3.44. The number of halogens is 1. The van der Waals surface area contributed by atoms with Gasteiger partial charge in [-0.25, -0.2) is 4.39 Å². The molecule has 2 aromatic rings. The monoisotopic (exact) mass is 402 g/mol. The van der Waals surface area contributed by atoms with E-state index in [1.54, 1.807) is 17.2 Å². The van der Waals surface area contributed by atoms with E-state index in [4.69, 9.17) is 9.15 Å². The van der Waals surface area contributed by atoms with Gasteiger partial charge in [0, 0.05) is 25.3 Å². The van der Waals surface area contributed by atoms with Crippen molar-refractivity contribution in [3.63, 3.8) is 0 Å². The van der Waals surface area contributed by atoms with Gasteiger partial charge in [-0.1, -0.05) is 6.92 Å². The number of carbonyl (C=O) groups is 2. The second-order valence-electron chi connectivity index (χ2n) is 7.22. The third kappa shape index (κ3) is 5.90. The molecule has 1 aromatic heterocycles. The molecular formula is C22H27FN2O4. The van der Waals surface area contributed by atoms with E-state index in [-0.39, 0.29) is 24.5 Å². The van der Waals surface area contributed by atoms with Gasteiger partial charge in [-0.2, -0.15) is 0 Å². The van der Waals surface area contributed by atoms with Gasteiger partial charge in [0.1, 0.15) is 18.1 Å². The van der Waals surface area contributed by atoms with Crippen LogP contribution in [0, 0.1) is 5.82 Å². The number of rotatable bonds is 9. The predicted octanol–water partition coefficient (Wildman–Crippen LogP) is 3.48. The van der Waals surface area contributed by atoms with E-state index in [1.165, 1.54) is 29.2 Å². The maximum Gasteiger partial charge on any atom is 0.254 e. The molecule has 156 valence electrons. The zero-order valence-corrected chi connectivity index (χ0v) is 16.7. The van der Waals surface area contributed by atoms with E-state index in [9.17, 15) is 14.0 Å². The second-order valence-corrected chi connectivity index (χ2v) is 7.22. The van der Waals surface area contributed by atoms with Gasteiger partial charge < -0.3 is 19.0 Å². The molecule has 0 bridgehead atoms. The van der Waals surface area contributed by atoms with E-state index in [2.05, 4.69) is 0 Å². The number of benzene rings is 1. The molecule has 29 heavy (non-hydrogen) atoms. The number of hydrogen-bond donors (Lipinski definition) is 0. The van der Waals surface area contributed by atoms with Crippen LogP contribution in [0.3, 0.4) is 0 Å². The lowest BCUT2D eigenvalue weighted by molar-refractivity contribution is -0.134. The summed E-state index contributed by atoms with van der Waals surface area (Å²) in [6, 6.07) is 8.99. The van der Waals surface area contributed by atoms with E-state index in [1.807, 2.05) is 13.0 Å². The average molecular weight is 402 g/mol. The third-order valence-corrected chi connectivity index (χ3v) is 4.93. The Morgan fingerprint density at radius 2 is 1.97 bits per heavy atom. The van der Waals surface area contributed by atoms with Gasteiger partial charge in [0.25, 0.3) is 5.91 Å². The van der Waals surface area contributed by atoms with E-state index < -0.39 is 5.82 Å². The first-order valence-electron chi connectivity index (χ1n) is 10.0. The third-order valence-electron chi connectivity index (χ3n) is 4.93. The van der Waals surface area contributed by atoms with Crippen LogP contribution >= 0.6 is 0 Å². The van der Waals surface area contributed by atoms with Crippen LogP contribution in [0.5, 0.6) is 0 Å². The SMILES string of the molecule is CCCN(CC(=O)N(Cc1ccco1)C[C@H]1CCCO1)C(=O)c1ccc(F)cc1. The van der Waals surface area contributed by atoms with Crippen molar-refractivity contribution >= 4 is 11.8 Å². The van der Waals surface area contributed by atoms with E-state index in [0.29, 0.717) is 44.0 Å². The summed E-state index contributed by atoms with van der Waals surface area (Å²) in [6.45, 7) is 3.84. The van der Waals surface area contributed by atoms with Crippen molar-refractivity contribution in [2.24, 2.45) is 0 Å². The molecule has 0 radical (unpaired) electrons. The molecule has 1 atom stereocenters. The van der Waals surface area contributed by atoms with Gasteiger partial charge >= 0.3 is 0 Å². The minimum atomic E-state index is -0.402. The first-order chi connectivity index (χ1) is 14.1. The van der Waals surface area contributed by atoms with Crippen LogP contribution in [-0.4, -0.2) is 54.0 Å². The Kier molecular flexibility index (Phi) is 7.41. The lowest BCUT2D eigenvalue weighted by Gasteiger charge is -2.28. The van der Waals surface area contributed by atoms with Crippen LogP contribution in [0.1, 0.15) is 42.3 Å². The molecule has 0 spiro atoms. The number of nitrogens with zero attached hydrogens (tertiary/aromatic N) is 2. The molecule has 0 unspecified atom stereocenters. The van der Waals surface area contributed by atoms with Crippen molar-refractivity contribution in [3.8, 4) is 0 Å². The Morgan fingerprint density at radius 3 is 2.59 bits per heavy atom. The first-order valence-corrected chi connectivity index (χ1v) is 10.0. The quantitative estimate of drug-likeness (QED) is 0.644. The summed E-state index contributed by atoms with van der Waals surface area (Å²) >= 11 is 0. The van der Waals surface area contributed by atoms with Crippen molar-refractivity contribution in [1.29, 1.82) is 0 Å². The molecule has 6 nitrogen and oxygen atoms in total. The summed E-state index contributed by atoms with van der Waals surface area (Å²) in [5.74, 6) is -0.166. The van der Waals surface area contributed by atoms with Crippen molar-refractivity contribution in [3.05, 3.63) is 59.8 Å². The van der Waals surface area contributed by atoms with Gasteiger partial charge in [0.15, 0.2) is 0 Å². The Bertz CT molecular complexity index is 786. The molecule has 3 rings (SSSR count). The number of ether oxygens (including phenoxy) is 1. The van der Waals surface area contributed by atoms with E-state index in [0.717, 1.165) is 12.8 Å². The summed E-state index contributed by atoms with van der Waals surface area (Å²) < 4.78 is 24.3. The van der Waals surface area contributed by atoms with Gasteiger partial charge in [0.2, 0.25) is 5.91 Å². The highest BCUT2D eigenvalue weighted by Gasteiger charge is 2.26. The van der Waals surface area contributed by atoms with Gasteiger partial charge in [0.05, 0.1) is 18.9 Å². The Labute approximate surface area is 170 Å². The van der Waals surface area contributed by atoms with Crippen molar-refractivity contribution in [1.82, 2.24) is 9.80 Å². The van der Waals surface area contributed by atoms with Gasteiger partial charge in [-0.05, 0) is 55.7 Å². The maximum atomic E-state index is 13.2. The first kappa shape index (κ1) is 21.0. The Balaban J connectivity index is 1.71. The van der Waals surface area contributed by atoms with Crippen LogP contribution in [0.2, 0.25) is 0 Å². The smallest absolute Gasteiger partial charge is 0.254 e. The molecule has 0 aliphatic carbocycles. The minimum Gasteiger partial charge on any atom is -0.467 e. The highest BCUT2D eigenvalue weighted by Crippen LogP contribution is 2.16. The maximum absolute atomic E-state index is 13.2. The van der Waals surface area contributed by atoms with E-state index >= 15 is 0 Å². The molecule has 0 saturated carbocycles. The van der Waals surface area contributed by atoms with Gasteiger partial charge in [-0.3, -0.25) is 9.59 Å². The normalized spacial score (nSPS) is 16.0. The van der Waals surface area contributed by atoms with Gasteiger partial charge in [-0.15, -0.1) is 0 Å². The predicted molar refractivity (Wildman–Crippen MR) is 106 cm³/mol. The Morgan fingerprint density at radius 1 is 1.17 bits per heavy atom. The van der Waals surface area contributed by atoms with Crippen molar-refractivity contribution in [2.75, 3.05) is 26.2 Å². The molecule has 1 aliphatic heterocycles. The summed E-state index contributed by atoms with van der Waals surface area (Å²) in [6.07, 6.45) is 4.18. The summed E-state index contributed by atoms with van der Waals surface area (Å²) in [5, 5.41) is 0. The highest BCUT2D eigenvalue weighted by molar-refractivity contribution is 5.96. The standard InChI is InChI=1S/C22H27FN2O4/c1-2-11-24(22(27)17-7-9-18(23)10-8-17)16-21(26)25(14-19-5-3-12-28-19)15-20-6-4-13-29-20/h3,5,7-10,12,20H,2,4,6,11,13-16H2,1H3/t20-/m1/s1. The highest BCUT2D eigenvalue weighted by atomic mass is 19.1. The average Bonchev–Trinajstić information content (AvgIpc) is 3.41. The van der Waals surface area contributed by atoms with Crippen LogP contribution in [0.4, 0.5) is 4.39 Å². The topological polar surface area (TPSA) is 63.0 Å². The largest absolute Gasteiger partial charge is 0.467 e. The molecule has 7 heteroatoms. The van der Waals surface area contributed by atoms with Crippen LogP contribution < -0.4 is 0 Å². The molecule has 2 heterocycles. The minimum absolute atomic E-state index is 0.00124. The summed E-state index contributed by atoms with van der Waals surface area (Å²) in [5.41, 5.74) is 0.365. The lowest BCUT2D eigenvalue weighted by atomic mass is 10.2. The molecule has 2 amide bonds. The van der Waals surface area contributed by atoms with Crippen molar-refractivity contribution < 1.29 is 23.1 Å². The molecule has 0 N–H and O–H groups in total. The number of carbonyl (C=O) groups excluding carboxylic acids is 2. The van der Waals surface area contributed by atoms with Crippen LogP contribution in [-0.2, 0) is 16.1 Å². The van der Waals surface area contributed by atoms with Crippen LogP contribution in [0.25, 0.3) is 0 Å². The zero-order valence-electron chi connectivity index (χ0n) is 16.7. The van der Waals surface area contributed by atoms with Crippen LogP contribution in [0.15, 0.2) is 47.1 Å². The lowest BCUT2D eigenvalue weighted by Crippen LogP contribution is -2.45. The molecule has 1 fully saturated rings. The number of hydrogen-bond acceptors (Lipinski definition) is 4.